The van der Waals surface area contributed by atoms with E-state index in [4.69, 9.17) is 9.97 Å². The van der Waals surface area contributed by atoms with E-state index in [1.165, 1.54) is 109 Å². The number of aromatic nitrogens is 6. The van der Waals surface area contributed by atoms with Crippen LogP contribution in [0.2, 0.25) is 0 Å². The Morgan fingerprint density at radius 3 is 1.13 bits per heavy atom. The van der Waals surface area contributed by atoms with E-state index < -0.39 is 0 Å². The van der Waals surface area contributed by atoms with Gasteiger partial charge in [-0.3, -0.25) is 9.97 Å². The number of nitrogens with zero attached hydrogens (tertiary/aromatic N) is 6. The second-order valence-corrected chi connectivity index (χ2v) is 23.6. The first-order chi connectivity index (χ1) is 40.1. The van der Waals surface area contributed by atoms with E-state index in [9.17, 15) is 0 Å². The normalized spacial score (nSPS) is 13.7. The number of aryl methyl sites for hydroxylation is 6. The number of benzene rings is 8. The monoisotopic (exact) mass is 1480 g/mol. The summed E-state index contributed by atoms with van der Waals surface area (Å²) in [7, 11) is 0. The summed E-state index contributed by atoms with van der Waals surface area (Å²) in [6.45, 7) is 12.9. The fraction of sp³-hybridized carbons (Fsp3) is 0.108. The molecule has 14 aromatic rings. The number of hydrogen-bond acceptors (Lipinski definition) is 6. The van der Waals surface area contributed by atoms with Crippen molar-refractivity contribution in [3.63, 3.8) is 0 Å². The Morgan fingerprint density at radius 2 is 0.726 bits per heavy atom. The van der Waals surface area contributed by atoms with Gasteiger partial charge in [-0.15, -0.1) is 24.3 Å². The van der Waals surface area contributed by atoms with Crippen molar-refractivity contribution in [2.24, 2.45) is 0 Å². The van der Waals surface area contributed by atoms with Gasteiger partial charge in [0, 0.05) is 33.7 Å². The first-order valence-electron chi connectivity index (χ1n) is 27.8. The summed E-state index contributed by atoms with van der Waals surface area (Å²) in [4.78, 5) is 30.9. The van der Waals surface area contributed by atoms with E-state index in [1.54, 1.807) is 0 Å². The van der Waals surface area contributed by atoms with E-state index in [1.807, 2.05) is 72.3 Å². The van der Waals surface area contributed by atoms with Gasteiger partial charge in [0.25, 0.3) is 0 Å². The third kappa shape index (κ3) is 11.8. The molecule has 0 amide bonds. The van der Waals surface area contributed by atoms with E-state index in [0.717, 1.165) is 44.5 Å². The summed E-state index contributed by atoms with van der Waals surface area (Å²) in [5.41, 5.74) is 20.8. The molecule has 0 saturated carbocycles. The molecule has 0 saturated heterocycles. The van der Waals surface area contributed by atoms with Crippen LogP contribution in [0.1, 0.15) is 66.4 Å². The van der Waals surface area contributed by atoms with E-state index in [-0.39, 0.29) is 42.1 Å². The molecule has 6 nitrogen and oxygen atoms in total. The van der Waals surface area contributed by atoms with Gasteiger partial charge >= 0.3 is 42.1 Å². The molecular weight excluding hydrogens is 1430 g/mol. The number of thioether (sulfide) groups is 2. The van der Waals surface area contributed by atoms with Crippen LogP contribution < -0.4 is 9.97 Å². The Balaban J connectivity index is 0.000000116. The van der Waals surface area contributed by atoms with Crippen LogP contribution in [-0.2, 0) is 42.1 Å². The molecule has 0 radical (unpaired) electrons. The topological polar surface area (TPSA) is 79.8 Å². The molecule has 2 aliphatic heterocycles. The Bertz CT molecular complexity index is 4320. The number of fused-ring (bicyclic) bond motifs is 10. The van der Waals surface area contributed by atoms with Crippen molar-refractivity contribution in [1.29, 1.82) is 0 Å². The van der Waals surface area contributed by atoms with Crippen molar-refractivity contribution in [2.75, 3.05) is 0 Å². The van der Waals surface area contributed by atoms with Gasteiger partial charge in [0.15, 0.2) is 0 Å². The molecule has 0 fully saturated rings. The molecule has 416 valence electrons. The molecule has 84 heavy (non-hydrogen) atoms. The largest absolute Gasteiger partial charge is 2.00 e. The third-order valence-corrected chi connectivity index (χ3v) is 17.9. The molecule has 2 aliphatic rings. The molecule has 2 unspecified atom stereocenters. The maximum Gasteiger partial charge on any atom is 2.00 e. The van der Waals surface area contributed by atoms with E-state index in [0.29, 0.717) is 10.5 Å². The number of pyridine rings is 4. The van der Waals surface area contributed by atoms with Crippen molar-refractivity contribution in [3.8, 4) is 22.5 Å². The van der Waals surface area contributed by atoms with Crippen molar-refractivity contribution in [1.82, 2.24) is 29.9 Å². The zero-order chi connectivity index (χ0) is 55.8. The van der Waals surface area contributed by atoms with Crippen LogP contribution in [0, 0.1) is 54.4 Å². The van der Waals surface area contributed by atoms with Crippen molar-refractivity contribution >= 4 is 88.9 Å². The van der Waals surface area contributed by atoms with Crippen LogP contribution in [0.4, 0.5) is 0 Å². The quantitative estimate of drug-likeness (QED) is 0.161. The first kappa shape index (κ1) is 58.1. The second kappa shape index (κ2) is 25.3. The van der Waals surface area contributed by atoms with Gasteiger partial charge in [0.05, 0.1) is 11.4 Å². The minimum Gasteiger partial charge on any atom is -0.435 e. The Hall–Kier alpha value is -7.70. The fourth-order valence-electron chi connectivity index (χ4n) is 11.9. The van der Waals surface area contributed by atoms with Gasteiger partial charge in [0.1, 0.15) is 0 Å². The Kier molecular flexibility index (Phi) is 17.5. The minimum atomic E-state index is 0. The minimum absolute atomic E-state index is 0. The number of para-hydroxylation sites is 2. The van der Waals surface area contributed by atoms with E-state index >= 15 is 0 Å². The van der Waals surface area contributed by atoms with Crippen LogP contribution in [-0.4, -0.2) is 19.9 Å². The van der Waals surface area contributed by atoms with Crippen LogP contribution >= 0.6 is 23.5 Å². The standard InChI is InChI=1S/2C20H17N2.2C17H12NS.2Pt/c2*1-12-10-13(2)19(14(3)11-12)18-9-8-16-15-6-4-5-7-17(15)21-20(16)22-18;2*1-3-7-14-12(5-1)9-10-18-17(14)16-11-13-6-2-4-8-15(13)19-16;;/h2*4-11H,1-3H3;2*1-11,16H;;/q4*-1;2*+2. The van der Waals surface area contributed by atoms with Crippen molar-refractivity contribution < 1.29 is 42.1 Å². The molecular formula is C74H58N6Pt2S2. The molecule has 8 heterocycles. The van der Waals surface area contributed by atoms with Gasteiger partial charge in [-0.1, -0.05) is 190 Å². The predicted molar refractivity (Wildman–Crippen MR) is 345 cm³/mol. The third-order valence-electron chi connectivity index (χ3n) is 15.4. The summed E-state index contributed by atoms with van der Waals surface area (Å²) < 4.78 is 0. The predicted octanol–water partition coefficient (Wildman–Crippen LogP) is 19.1. The summed E-state index contributed by atoms with van der Waals surface area (Å²) in [6.07, 6.45) is 8.45. The summed E-state index contributed by atoms with van der Waals surface area (Å²) in [6, 6.07) is 72.0. The molecule has 10 heteroatoms. The molecule has 6 aromatic heterocycles. The molecule has 2 atom stereocenters. The van der Waals surface area contributed by atoms with Gasteiger partial charge in [-0.05, 0) is 142 Å². The summed E-state index contributed by atoms with van der Waals surface area (Å²) in [5.74, 6) is 0. The maximum absolute atomic E-state index is 4.82. The van der Waals surface area contributed by atoms with E-state index in [2.05, 4.69) is 244 Å². The van der Waals surface area contributed by atoms with Crippen LogP contribution in [0.3, 0.4) is 0 Å². The number of hydrogen-bond donors (Lipinski definition) is 0. The smallest absolute Gasteiger partial charge is 0.435 e. The molecule has 16 rings (SSSR count). The van der Waals surface area contributed by atoms with Gasteiger partial charge < -0.3 is 19.9 Å². The van der Waals surface area contributed by atoms with Gasteiger partial charge in [0.2, 0.25) is 0 Å². The average Bonchev–Trinajstić information content (AvgIpc) is 3.90. The zero-order valence-electron chi connectivity index (χ0n) is 47.2. The van der Waals surface area contributed by atoms with Crippen LogP contribution in [0.15, 0.2) is 228 Å². The van der Waals surface area contributed by atoms with Crippen LogP contribution in [0.25, 0.3) is 87.9 Å². The van der Waals surface area contributed by atoms with Gasteiger partial charge in [-0.2, -0.15) is 59.6 Å². The SMILES string of the molecule is Cc1cc(C)c(-c2ccc3c(n2)[n-]c2ccccc23)c(C)c1.Cc1cc(C)c(-c2ccc3c(n2)[n-]c2ccccc23)c(C)c1.[Pt+2].[Pt+2].c1ccc2c(c1)[CH-]C(c1nccc3ccccc13)S2.c1ccc2c(c1)[CH-]C(c1nccc3ccccc13)S2. The Morgan fingerprint density at radius 1 is 0.369 bits per heavy atom. The fourth-order valence-corrected chi connectivity index (χ4v) is 14.3. The molecule has 0 bridgehead atoms. The van der Waals surface area contributed by atoms with Crippen molar-refractivity contribution in [2.45, 2.75) is 61.8 Å². The second-order valence-electron chi connectivity index (χ2n) is 21.3. The average molecular weight is 1490 g/mol. The molecule has 0 spiro atoms. The molecule has 8 aromatic carbocycles. The first-order valence-corrected chi connectivity index (χ1v) is 29.6. The van der Waals surface area contributed by atoms with Crippen LogP contribution in [0.5, 0.6) is 0 Å². The Labute approximate surface area is 528 Å². The van der Waals surface area contributed by atoms with Crippen molar-refractivity contribution in [3.05, 3.63) is 287 Å². The summed E-state index contributed by atoms with van der Waals surface area (Å²) >= 11 is 3.77. The number of rotatable bonds is 4. The zero-order valence-corrected chi connectivity index (χ0v) is 53.4. The molecule has 0 aliphatic carbocycles. The molecule has 0 N–H and O–H groups in total. The summed E-state index contributed by atoms with van der Waals surface area (Å²) in [5, 5.41) is 10.3. The van der Waals surface area contributed by atoms with Gasteiger partial charge in [-0.25, -0.2) is 0 Å². The maximum atomic E-state index is 4.82.